The molecule has 5 nitrogen and oxygen atoms in total. The lowest BCUT2D eigenvalue weighted by Gasteiger charge is -2.14. The molecule has 0 radical (unpaired) electrons. The summed E-state index contributed by atoms with van der Waals surface area (Å²) in [6, 6.07) is 13.9. The molecular formula is C17H23IN4O. The van der Waals surface area contributed by atoms with Gasteiger partial charge in [-0.05, 0) is 25.1 Å². The third kappa shape index (κ3) is 6.43. The fourth-order valence-corrected chi connectivity index (χ4v) is 2.02. The number of ether oxygens (including phenoxy) is 1. The van der Waals surface area contributed by atoms with E-state index in [1.807, 2.05) is 49.4 Å². The summed E-state index contributed by atoms with van der Waals surface area (Å²) in [4.78, 5) is 8.50. The number of nitrogens with one attached hydrogen (secondary N) is 2. The van der Waals surface area contributed by atoms with Crippen molar-refractivity contribution in [1.82, 2.24) is 15.6 Å². The molecule has 1 heterocycles. The van der Waals surface area contributed by atoms with E-state index < -0.39 is 0 Å². The van der Waals surface area contributed by atoms with E-state index in [4.69, 9.17) is 4.74 Å². The Labute approximate surface area is 154 Å². The van der Waals surface area contributed by atoms with Gasteiger partial charge in [-0.15, -0.1) is 24.0 Å². The van der Waals surface area contributed by atoms with Crippen LogP contribution in [0, 0.1) is 0 Å². The van der Waals surface area contributed by atoms with Crippen molar-refractivity contribution in [3.8, 4) is 5.75 Å². The van der Waals surface area contributed by atoms with E-state index in [1.54, 1.807) is 13.2 Å². The van der Waals surface area contributed by atoms with Crippen molar-refractivity contribution in [2.75, 3.05) is 13.7 Å². The lowest BCUT2D eigenvalue weighted by atomic mass is 10.2. The highest BCUT2D eigenvalue weighted by molar-refractivity contribution is 14.0. The first-order valence-corrected chi connectivity index (χ1v) is 7.38. The average molecular weight is 426 g/mol. The Morgan fingerprint density at radius 1 is 1.09 bits per heavy atom. The van der Waals surface area contributed by atoms with E-state index >= 15 is 0 Å². The van der Waals surface area contributed by atoms with Gasteiger partial charge < -0.3 is 15.4 Å². The van der Waals surface area contributed by atoms with Crippen LogP contribution < -0.4 is 15.4 Å². The lowest BCUT2D eigenvalue weighted by molar-refractivity contribution is 0.336. The summed E-state index contributed by atoms with van der Waals surface area (Å²) in [6.45, 7) is 3.92. The largest absolute Gasteiger partial charge is 0.494 e. The van der Waals surface area contributed by atoms with Crippen LogP contribution in [0.5, 0.6) is 5.75 Å². The molecule has 2 N–H and O–H groups in total. The van der Waals surface area contributed by atoms with Gasteiger partial charge in [-0.1, -0.05) is 24.3 Å². The summed E-state index contributed by atoms with van der Waals surface area (Å²) in [5.41, 5.74) is 2.07. The van der Waals surface area contributed by atoms with Crippen molar-refractivity contribution in [3.05, 3.63) is 59.9 Å². The van der Waals surface area contributed by atoms with Crippen LogP contribution in [0.2, 0.25) is 0 Å². The second kappa shape index (κ2) is 10.8. The topological polar surface area (TPSA) is 58.5 Å². The molecule has 124 valence electrons. The highest BCUT2D eigenvalue weighted by Gasteiger charge is 2.04. The molecule has 0 spiro atoms. The maximum Gasteiger partial charge on any atom is 0.191 e. The van der Waals surface area contributed by atoms with Gasteiger partial charge in [0.1, 0.15) is 5.75 Å². The van der Waals surface area contributed by atoms with Crippen LogP contribution in [0.1, 0.15) is 18.2 Å². The van der Waals surface area contributed by atoms with Crippen LogP contribution in [0.4, 0.5) is 0 Å². The zero-order chi connectivity index (χ0) is 15.6. The Balaban J connectivity index is 0.00000264. The van der Waals surface area contributed by atoms with Gasteiger partial charge in [-0.2, -0.15) is 0 Å². The molecule has 2 rings (SSSR count). The molecule has 0 saturated heterocycles. The highest BCUT2D eigenvalue weighted by atomic mass is 127. The number of rotatable bonds is 6. The van der Waals surface area contributed by atoms with Gasteiger partial charge in [-0.25, -0.2) is 0 Å². The third-order valence-electron chi connectivity index (χ3n) is 3.11. The number of nitrogens with zero attached hydrogens (tertiary/aromatic N) is 2. The molecule has 0 amide bonds. The van der Waals surface area contributed by atoms with Gasteiger partial charge >= 0.3 is 0 Å². The molecule has 0 aliphatic heterocycles. The van der Waals surface area contributed by atoms with Crippen LogP contribution in [-0.2, 0) is 13.1 Å². The fourth-order valence-electron chi connectivity index (χ4n) is 2.02. The smallest absolute Gasteiger partial charge is 0.191 e. The van der Waals surface area contributed by atoms with E-state index in [0.717, 1.165) is 23.0 Å². The molecule has 0 saturated carbocycles. The number of hydrogen-bond donors (Lipinski definition) is 2. The van der Waals surface area contributed by atoms with E-state index in [-0.39, 0.29) is 24.0 Å². The van der Waals surface area contributed by atoms with Crippen molar-refractivity contribution >= 4 is 29.9 Å². The van der Waals surface area contributed by atoms with E-state index in [2.05, 4.69) is 20.6 Å². The molecule has 6 heteroatoms. The summed E-state index contributed by atoms with van der Waals surface area (Å²) in [7, 11) is 1.75. The Kier molecular flexibility index (Phi) is 9.04. The number of pyridine rings is 1. The van der Waals surface area contributed by atoms with Crippen molar-refractivity contribution in [3.63, 3.8) is 0 Å². The van der Waals surface area contributed by atoms with E-state index in [1.165, 1.54) is 0 Å². The van der Waals surface area contributed by atoms with Crippen LogP contribution in [0.15, 0.2) is 53.7 Å². The molecule has 0 aliphatic carbocycles. The van der Waals surface area contributed by atoms with Crippen LogP contribution in [0.25, 0.3) is 0 Å². The van der Waals surface area contributed by atoms with E-state index in [0.29, 0.717) is 19.7 Å². The lowest BCUT2D eigenvalue weighted by Crippen LogP contribution is -2.36. The number of hydrogen-bond acceptors (Lipinski definition) is 3. The highest BCUT2D eigenvalue weighted by Crippen LogP contribution is 2.17. The molecular weight excluding hydrogens is 403 g/mol. The number of aliphatic imine (C=N–C) groups is 1. The average Bonchev–Trinajstić information content (AvgIpc) is 2.57. The Morgan fingerprint density at radius 3 is 2.52 bits per heavy atom. The summed E-state index contributed by atoms with van der Waals surface area (Å²) in [5.74, 6) is 1.63. The first kappa shape index (κ1) is 19.2. The van der Waals surface area contributed by atoms with Gasteiger partial charge in [0.05, 0.1) is 18.8 Å². The standard InChI is InChI=1S/C17H22N4O.HI/c1-3-22-16-10-5-4-8-14(16)12-20-17(18-2)21-13-15-9-6-7-11-19-15;/h4-11H,3,12-13H2,1-2H3,(H2,18,20,21);1H. The molecule has 0 atom stereocenters. The van der Waals surface area contributed by atoms with Gasteiger partial charge in [0.2, 0.25) is 0 Å². The minimum atomic E-state index is 0. The molecule has 0 bridgehead atoms. The zero-order valence-electron chi connectivity index (χ0n) is 13.5. The second-order valence-corrected chi connectivity index (χ2v) is 4.64. The Bertz CT molecular complexity index is 605. The van der Waals surface area contributed by atoms with Gasteiger partial charge in [0, 0.05) is 25.4 Å². The molecule has 0 unspecified atom stereocenters. The normalized spacial score (nSPS) is 10.6. The van der Waals surface area contributed by atoms with Crippen molar-refractivity contribution < 1.29 is 4.74 Å². The monoisotopic (exact) mass is 426 g/mol. The predicted octanol–water partition coefficient (Wildman–Crippen LogP) is 2.96. The number of guanidine groups is 1. The van der Waals surface area contributed by atoms with Crippen LogP contribution in [-0.4, -0.2) is 24.6 Å². The van der Waals surface area contributed by atoms with Crippen LogP contribution in [0.3, 0.4) is 0 Å². The van der Waals surface area contributed by atoms with E-state index in [9.17, 15) is 0 Å². The summed E-state index contributed by atoms with van der Waals surface area (Å²) in [5, 5.41) is 6.53. The van der Waals surface area contributed by atoms with Gasteiger partial charge in [0.25, 0.3) is 0 Å². The molecule has 2 aromatic rings. The Hall–Kier alpha value is -1.83. The zero-order valence-corrected chi connectivity index (χ0v) is 15.8. The van der Waals surface area contributed by atoms with Gasteiger partial charge in [0.15, 0.2) is 5.96 Å². The molecule has 1 aromatic heterocycles. The Morgan fingerprint density at radius 2 is 1.83 bits per heavy atom. The van der Waals surface area contributed by atoms with Gasteiger partial charge in [-0.3, -0.25) is 9.98 Å². The fraction of sp³-hybridized carbons (Fsp3) is 0.294. The quantitative estimate of drug-likeness (QED) is 0.424. The number of benzene rings is 1. The maximum absolute atomic E-state index is 5.62. The third-order valence-corrected chi connectivity index (χ3v) is 3.11. The summed E-state index contributed by atoms with van der Waals surface area (Å²) < 4.78 is 5.62. The first-order valence-electron chi connectivity index (χ1n) is 7.38. The second-order valence-electron chi connectivity index (χ2n) is 4.64. The van der Waals surface area contributed by atoms with Crippen molar-refractivity contribution in [2.45, 2.75) is 20.0 Å². The van der Waals surface area contributed by atoms with Crippen molar-refractivity contribution in [2.24, 2.45) is 4.99 Å². The number of para-hydroxylation sites is 1. The first-order chi connectivity index (χ1) is 10.8. The molecule has 0 fully saturated rings. The number of aromatic nitrogens is 1. The molecule has 23 heavy (non-hydrogen) atoms. The molecule has 0 aliphatic rings. The maximum atomic E-state index is 5.62. The predicted molar refractivity (Wildman–Crippen MR) is 104 cm³/mol. The molecule has 1 aromatic carbocycles. The minimum absolute atomic E-state index is 0. The SMILES string of the molecule is CCOc1ccccc1CNC(=NC)NCc1ccccn1.I. The summed E-state index contributed by atoms with van der Waals surface area (Å²) in [6.07, 6.45) is 1.78. The van der Waals surface area contributed by atoms with Crippen molar-refractivity contribution in [1.29, 1.82) is 0 Å². The number of halogens is 1. The minimum Gasteiger partial charge on any atom is -0.494 e. The summed E-state index contributed by atoms with van der Waals surface area (Å²) >= 11 is 0. The van der Waals surface area contributed by atoms with Crippen LogP contribution >= 0.6 is 24.0 Å².